The number of methoxy groups -OCH3 is 1. The fourth-order valence-electron chi connectivity index (χ4n) is 2.56. The van der Waals surface area contributed by atoms with Crippen LogP contribution < -0.4 is 20.8 Å². The van der Waals surface area contributed by atoms with Gasteiger partial charge in [-0.3, -0.25) is 9.59 Å². The van der Waals surface area contributed by atoms with E-state index in [1.54, 1.807) is 36.5 Å². The SMILES string of the molecule is COc1ccc2nnc(CNC(=O)C3C=c4cccnc4=NC3=O)n2n1. The van der Waals surface area contributed by atoms with Crippen LogP contribution in [-0.4, -0.2) is 43.7 Å². The van der Waals surface area contributed by atoms with Crippen LogP contribution in [0.3, 0.4) is 0 Å². The Bertz CT molecular complexity index is 1140. The maximum absolute atomic E-state index is 12.4. The van der Waals surface area contributed by atoms with Crippen LogP contribution in [0.4, 0.5) is 0 Å². The molecule has 10 heteroatoms. The summed E-state index contributed by atoms with van der Waals surface area (Å²) in [6, 6.07) is 6.83. The number of nitrogens with zero attached hydrogens (tertiary/aromatic N) is 6. The standard InChI is InChI=1S/C16H13N7O3/c1-26-13-5-4-11-20-21-12(23(11)22-13)8-18-15(24)10-7-9-3-2-6-17-14(9)19-16(10)25/h2-7,10H,8H2,1H3,(H,18,24). The minimum absolute atomic E-state index is 0.0533. The molecule has 10 nitrogen and oxygen atoms in total. The molecule has 0 radical (unpaired) electrons. The van der Waals surface area contributed by atoms with Gasteiger partial charge in [0.25, 0.3) is 5.91 Å². The van der Waals surface area contributed by atoms with Crippen molar-refractivity contribution in [2.45, 2.75) is 6.54 Å². The quantitative estimate of drug-likeness (QED) is 0.562. The molecule has 1 aliphatic rings. The van der Waals surface area contributed by atoms with Crippen LogP contribution in [0, 0.1) is 5.92 Å². The smallest absolute Gasteiger partial charge is 0.264 e. The summed E-state index contributed by atoms with van der Waals surface area (Å²) in [5.41, 5.74) is 0.839. The number of pyridine rings is 1. The molecule has 4 rings (SSSR count). The van der Waals surface area contributed by atoms with Gasteiger partial charge in [-0.2, -0.15) is 9.51 Å². The Morgan fingerprint density at radius 1 is 1.31 bits per heavy atom. The molecule has 1 aliphatic heterocycles. The summed E-state index contributed by atoms with van der Waals surface area (Å²) < 4.78 is 6.54. The second-order valence-corrected chi connectivity index (χ2v) is 5.49. The normalized spacial score (nSPS) is 15.7. The minimum atomic E-state index is -1.01. The topological polar surface area (TPSA) is 124 Å². The van der Waals surface area contributed by atoms with Gasteiger partial charge < -0.3 is 10.1 Å². The molecule has 0 aliphatic carbocycles. The fourth-order valence-corrected chi connectivity index (χ4v) is 2.56. The molecule has 26 heavy (non-hydrogen) atoms. The lowest BCUT2D eigenvalue weighted by Gasteiger charge is -2.11. The van der Waals surface area contributed by atoms with E-state index in [4.69, 9.17) is 4.74 Å². The van der Waals surface area contributed by atoms with E-state index >= 15 is 0 Å². The summed E-state index contributed by atoms with van der Waals surface area (Å²) in [4.78, 5) is 32.4. The number of rotatable bonds is 4. The Morgan fingerprint density at radius 3 is 3.04 bits per heavy atom. The first-order valence-electron chi connectivity index (χ1n) is 7.74. The molecular formula is C16H13N7O3. The number of aromatic nitrogens is 5. The van der Waals surface area contributed by atoms with Gasteiger partial charge in [-0.15, -0.1) is 15.3 Å². The summed E-state index contributed by atoms with van der Waals surface area (Å²) in [5, 5.41) is 15.5. The average Bonchev–Trinajstić information content (AvgIpc) is 3.07. The third kappa shape index (κ3) is 2.77. The fraction of sp³-hybridized carbons (Fsp3) is 0.188. The van der Waals surface area contributed by atoms with E-state index in [0.717, 1.165) is 0 Å². The highest BCUT2D eigenvalue weighted by molar-refractivity contribution is 6.06. The van der Waals surface area contributed by atoms with Crippen molar-refractivity contribution in [3.63, 3.8) is 0 Å². The molecule has 0 spiro atoms. The Morgan fingerprint density at radius 2 is 2.19 bits per heavy atom. The highest BCUT2D eigenvalue weighted by Gasteiger charge is 2.26. The van der Waals surface area contributed by atoms with Crippen molar-refractivity contribution < 1.29 is 14.3 Å². The third-order valence-electron chi connectivity index (χ3n) is 3.86. The van der Waals surface area contributed by atoms with E-state index in [0.29, 0.717) is 28.1 Å². The minimum Gasteiger partial charge on any atom is -0.480 e. The lowest BCUT2D eigenvalue weighted by atomic mass is 10.0. The van der Waals surface area contributed by atoms with Crippen LogP contribution >= 0.6 is 0 Å². The molecule has 1 N–H and O–H groups in total. The van der Waals surface area contributed by atoms with Gasteiger partial charge in [-0.05, 0) is 18.2 Å². The average molecular weight is 351 g/mol. The Hall–Kier alpha value is -3.69. The van der Waals surface area contributed by atoms with Gasteiger partial charge >= 0.3 is 0 Å². The predicted molar refractivity (Wildman–Crippen MR) is 87.2 cm³/mol. The summed E-state index contributed by atoms with van der Waals surface area (Å²) in [7, 11) is 1.50. The van der Waals surface area contributed by atoms with E-state index in [1.807, 2.05) is 0 Å². The van der Waals surface area contributed by atoms with Gasteiger partial charge in [-0.25, -0.2) is 4.98 Å². The molecule has 0 saturated heterocycles. The molecule has 1 atom stereocenters. The van der Waals surface area contributed by atoms with Crippen molar-refractivity contribution >= 4 is 23.5 Å². The van der Waals surface area contributed by atoms with Crippen molar-refractivity contribution in [2.24, 2.45) is 10.9 Å². The maximum atomic E-state index is 12.4. The van der Waals surface area contributed by atoms with Gasteiger partial charge in [0.15, 0.2) is 17.0 Å². The largest absolute Gasteiger partial charge is 0.480 e. The van der Waals surface area contributed by atoms with Crippen LogP contribution in [0.1, 0.15) is 5.82 Å². The van der Waals surface area contributed by atoms with Gasteiger partial charge in [0.2, 0.25) is 11.8 Å². The molecule has 4 heterocycles. The zero-order chi connectivity index (χ0) is 18.1. The number of hydrogen-bond acceptors (Lipinski definition) is 7. The first-order valence-corrected chi connectivity index (χ1v) is 7.74. The summed E-state index contributed by atoms with van der Waals surface area (Å²) >= 11 is 0. The monoisotopic (exact) mass is 351 g/mol. The van der Waals surface area contributed by atoms with Crippen LogP contribution in [0.5, 0.6) is 5.88 Å². The van der Waals surface area contributed by atoms with Crippen LogP contribution in [-0.2, 0) is 16.1 Å². The maximum Gasteiger partial charge on any atom is 0.264 e. The first kappa shape index (κ1) is 15.8. The molecule has 2 amide bonds. The number of amides is 2. The van der Waals surface area contributed by atoms with Gasteiger partial charge in [0.1, 0.15) is 5.92 Å². The van der Waals surface area contributed by atoms with Crippen molar-refractivity contribution in [1.29, 1.82) is 0 Å². The lowest BCUT2D eigenvalue weighted by Crippen LogP contribution is -2.42. The molecular weight excluding hydrogens is 338 g/mol. The Kier molecular flexibility index (Phi) is 3.84. The van der Waals surface area contributed by atoms with E-state index < -0.39 is 17.7 Å². The molecule has 3 aromatic heterocycles. The molecule has 0 saturated carbocycles. The van der Waals surface area contributed by atoms with E-state index in [1.165, 1.54) is 11.6 Å². The number of carbonyl (C=O) groups excluding carboxylic acids is 2. The van der Waals surface area contributed by atoms with Crippen LogP contribution in [0.25, 0.3) is 11.7 Å². The summed E-state index contributed by atoms with van der Waals surface area (Å²) in [6.45, 7) is 0.0533. The molecule has 3 aromatic rings. The number of nitrogens with one attached hydrogen (secondary N) is 1. The highest BCUT2D eigenvalue weighted by atomic mass is 16.5. The van der Waals surface area contributed by atoms with Crippen molar-refractivity contribution in [2.75, 3.05) is 7.11 Å². The molecule has 0 bridgehead atoms. The van der Waals surface area contributed by atoms with Gasteiger partial charge in [0, 0.05) is 17.5 Å². The number of carbonyl (C=O) groups is 2. The zero-order valence-electron chi connectivity index (χ0n) is 13.7. The van der Waals surface area contributed by atoms with E-state index in [-0.39, 0.29) is 6.54 Å². The first-order chi connectivity index (χ1) is 12.7. The highest BCUT2D eigenvalue weighted by Crippen LogP contribution is 2.09. The van der Waals surface area contributed by atoms with Crippen LogP contribution in [0.2, 0.25) is 0 Å². The van der Waals surface area contributed by atoms with E-state index in [2.05, 4.69) is 30.6 Å². The number of ether oxygens (including phenoxy) is 1. The second-order valence-electron chi connectivity index (χ2n) is 5.49. The van der Waals surface area contributed by atoms with Crippen molar-refractivity contribution in [3.05, 3.63) is 47.0 Å². The summed E-state index contributed by atoms with van der Waals surface area (Å²) in [5.74, 6) is -1.24. The molecule has 130 valence electrons. The van der Waals surface area contributed by atoms with Gasteiger partial charge in [-0.1, -0.05) is 6.08 Å². The Balaban J connectivity index is 1.54. The second kappa shape index (κ2) is 6.31. The van der Waals surface area contributed by atoms with Crippen LogP contribution in [0.15, 0.2) is 35.5 Å². The lowest BCUT2D eigenvalue weighted by molar-refractivity contribution is -0.131. The zero-order valence-corrected chi connectivity index (χ0v) is 13.7. The van der Waals surface area contributed by atoms with Crippen molar-refractivity contribution in [1.82, 2.24) is 30.1 Å². The van der Waals surface area contributed by atoms with Gasteiger partial charge in [0.05, 0.1) is 13.7 Å². The number of hydrogen-bond donors (Lipinski definition) is 1. The summed E-state index contributed by atoms with van der Waals surface area (Å²) in [6.07, 6.45) is 3.09. The van der Waals surface area contributed by atoms with Crippen molar-refractivity contribution in [3.8, 4) is 5.88 Å². The number of fused-ring (bicyclic) bond motifs is 2. The molecule has 0 aromatic carbocycles. The van der Waals surface area contributed by atoms with E-state index in [9.17, 15) is 9.59 Å². The molecule has 0 fully saturated rings. The third-order valence-corrected chi connectivity index (χ3v) is 3.86. The predicted octanol–water partition coefficient (Wildman–Crippen LogP) is -1.60. The Labute approximate surface area is 146 Å². The molecule has 1 unspecified atom stereocenters.